The van der Waals surface area contributed by atoms with Gasteiger partial charge in [-0.05, 0) is 19.3 Å². The molecule has 0 spiro atoms. The van der Waals surface area contributed by atoms with Crippen LogP contribution in [0.4, 0.5) is 0 Å². The summed E-state index contributed by atoms with van der Waals surface area (Å²) in [6, 6.07) is 0. The van der Waals surface area contributed by atoms with E-state index in [0.717, 1.165) is 19.3 Å². The van der Waals surface area contributed by atoms with Crippen molar-refractivity contribution >= 4 is 5.91 Å². The Labute approximate surface area is 138 Å². The van der Waals surface area contributed by atoms with Crippen LogP contribution >= 0.6 is 0 Å². The van der Waals surface area contributed by atoms with Crippen molar-refractivity contribution in [2.24, 2.45) is 5.73 Å². The Morgan fingerprint density at radius 3 is 1.93 bits per heavy atom. The zero-order valence-electron chi connectivity index (χ0n) is 10.4. The molecular formula is C11H21NNa2O+2. The third-order valence-electron chi connectivity index (χ3n) is 2.08. The summed E-state index contributed by atoms with van der Waals surface area (Å²) in [6.45, 7) is 3.68. The standard InChI is InChI=1S/C11H21NO.2Na/c1-2-3-4-5-6-7-8-9-10-11(12)13;;/h2H,1,3-10H2,(H2,12,13);;/q;2*+1. The predicted molar refractivity (Wildman–Crippen MR) is 56.3 cm³/mol. The van der Waals surface area contributed by atoms with E-state index in [4.69, 9.17) is 5.73 Å². The van der Waals surface area contributed by atoms with E-state index in [0.29, 0.717) is 6.42 Å². The maximum absolute atomic E-state index is 10.4. The smallest absolute Gasteiger partial charge is 0.370 e. The summed E-state index contributed by atoms with van der Waals surface area (Å²) in [6.07, 6.45) is 10.8. The van der Waals surface area contributed by atoms with Crippen LogP contribution < -0.4 is 64.8 Å². The number of rotatable bonds is 9. The summed E-state index contributed by atoms with van der Waals surface area (Å²) in [5.41, 5.74) is 5.02. The maximum Gasteiger partial charge on any atom is 1.00 e. The van der Waals surface area contributed by atoms with Gasteiger partial charge in [-0.1, -0.05) is 31.8 Å². The van der Waals surface area contributed by atoms with Gasteiger partial charge in [-0.15, -0.1) is 6.58 Å². The van der Waals surface area contributed by atoms with E-state index in [2.05, 4.69) is 6.58 Å². The minimum Gasteiger partial charge on any atom is -0.370 e. The number of carbonyl (C=O) groups is 1. The van der Waals surface area contributed by atoms with Crippen LogP contribution in [0.5, 0.6) is 0 Å². The van der Waals surface area contributed by atoms with Gasteiger partial charge in [0, 0.05) is 6.42 Å². The fraction of sp³-hybridized carbons (Fsp3) is 0.727. The van der Waals surface area contributed by atoms with E-state index in [1.54, 1.807) is 0 Å². The molecule has 0 saturated carbocycles. The summed E-state index contributed by atoms with van der Waals surface area (Å²) in [4.78, 5) is 10.4. The van der Waals surface area contributed by atoms with Gasteiger partial charge in [0.05, 0.1) is 0 Å². The molecule has 15 heavy (non-hydrogen) atoms. The van der Waals surface area contributed by atoms with Gasteiger partial charge >= 0.3 is 59.1 Å². The molecule has 0 atom stereocenters. The minimum absolute atomic E-state index is 0. The number of primary amides is 1. The normalized spacial score (nSPS) is 8.53. The van der Waals surface area contributed by atoms with Crippen LogP contribution in [0.25, 0.3) is 0 Å². The van der Waals surface area contributed by atoms with E-state index in [-0.39, 0.29) is 65.0 Å². The minimum atomic E-state index is -0.174. The molecule has 1 amide bonds. The largest absolute Gasteiger partial charge is 1.00 e. The van der Waals surface area contributed by atoms with Crippen molar-refractivity contribution in [3.8, 4) is 0 Å². The van der Waals surface area contributed by atoms with E-state index < -0.39 is 0 Å². The molecule has 0 bridgehead atoms. The summed E-state index contributed by atoms with van der Waals surface area (Å²) in [5, 5.41) is 0. The van der Waals surface area contributed by atoms with Crippen molar-refractivity contribution < 1.29 is 63.9 Å². The molecule has 0 fully saturated rings. The Balaban J connectivity index is -0.000000720. The molecule has 0 aliphatic carbocycles. The molecule has 0 aliphatic heterocycles. The number of unbranched alkanes of at least 4 members (excludes halogenated alkanes) is 6. The van der Waals surface area contributed by atoms with Gasteiger partial charge in [0.15, 0.2) is 0 Å². The molecule has 76 valence electrons. The number of nitrogens with two attached hydrogens (primary N) is 1. The first-order chi connectivity index (χ1) is 6.27. The molecule has 0 unspecified atom stereocenters. The third kappa shape index (κ3) is 21.1. The number of hydrogen-bond acceptors (Lipinski definition) is 1. The Morgan fingerprint density at radius 1 is 1.00 bits per heavy atom. The molecule has 0 aromatic carbocycles. The molecule has 0 aliphatic rings. The van der Waals surface area contributed by atoms with E-state index in [9.17, 15) is 4.79 Å². The van der Waals surface area contributed by atoms with Crippen LogP contribution in [0.15, 0.2) is 12.7 Å². The molecule has 2 nitrogen and oxygen atoms in total. The molecule has 0 rings (SSSR count). The number of allylic oxidation sites excluding steroid dienone is 1. The summed E-state index contributed by atoms with van der Waals surface area (Å²) in [7, 11) is 0. The fourth-order valence-corrected chi connectivity index (χ4v) is 1.30. The van der Waals surface area contributed by atoms with E-state index >= 15 is 0 Å². The Hall–Kier alpha value is 1.21. The average Bonchev–Trinajstić information content (AvgIpc) is 2.09. The van der Waals surface area contributed by atoms with Gasteiger partial charge in [0.2, 0.25) is 5.91 Å². The van der Waals surface area contributed by atoms with Crippen LogP contribution in [0.3, 0.4) is 0 Å². The fourth-order valence-electron chi connectivity index (χ4n) is 1.30. The Bertz CT molecular complexity index is 152. The van der Waals surface area contributed by atoms with Crippen molar-refractivity contribution in [2.45, 2.75) is 51.4 Å². The molecule has 0 heterocycles. The van der Waals surface area contributed by atoms with Crippen molar-refractivity contribution in [3.05, 3.63) is 12.7 Å². The first-order valence-corrected chi connectivity index (χ1v) is 5.16. The zero-order chi connectivity index (χ0) is 9.94. The second-order valence-electron chi connectivity index (χ2n) is 3.41. The number of carbonyl (C=O) groups excluding carboxylic acids is 1. The monoisotopic (exact) mass is 229 g/mol. The molecule has 0 radical (unpaired) electrons. The summed E-state index contributed by atoms with van der Waals surface area (Å²) >= 11 is 0. The van der Waals surface area contributed by atoms with Gasteiger partial charge in [0.1, 0.15) is 0 Å². The van der Waals surface area contributed by atoms with E-state index in [1.165, 1.54) is 25.7 Å². The molecule has 0 aromatic rings. The van der Waals surface area contributed by atoms with Crippen LogP contribution in [-0.4, -0.2) is 5.91 Å². The SMILES string of the molecule is C=CCCCCCCCCC(N)=O.[Na+].[Na+]. The Morgan fingerprint density at radius 2 is 1.47 bits per heavy atom. The first kappa shape index (κ1) is 21.5. The van der Waals surface area contributed by atoms with Crippen molar-refractivity contribution in [1.29, 1.82) is 0 Å². The summed E-state index contributed by atoms with van der Waals surface area (Å²) < 4.78 is 0. The second kappa shape index (κ2) is 17.6. The van der Waals surface area contributed by atoms with Crippen LogP contribution in [0.1, 0.15) is 51.4 Å². The molecule has 4 heteroatoms. The zero-order valence-corrected chi connectivity index (χ0v) is 14.4. The predicted octanol–water partition coefficient (Wildman–Crippen LogP) is -3.21. The van der Waals surface area contributed by atoms with Gasteiger partial charge in [-0.25, -0.2) is 0 Å². The van der Waals surface area contributed by atoms with E-state index in [1.807, 2.05) is 6.08 Å². The number of amides is 1. The average molecular weight is 229 g/mol. The second-order valence-corrected chi connectivity index (χ2v) is 3.41. The van der Waals surface area contributed by atoms with Crippen molar-refractivity contribution in [3.63, 3.8) is 0 Å². The molecular weight excluding hydrogens is 208 g/mol. The molecule has 0 aromatic heterocycles. The number of hydrogen-bond donors (Lipinski definition) is 1. The van der Waals surface area contributed by atoms with Crippen molar-refractivity contribution in [1.82, 2.24) is 0 Å². The van der Waals surface area contributed by atoms with Crippen molar-refractivity contribution in [2.75, 3.05) is 0 Å². The topological polar surface area (TPSA) is 43.1 Å². The first-order valence-electron chi connectivity index (χ1n) is 5.16. The van der Waals surface area contributed by atoms with Crippen LogP contribution in [0.2, 0.25) is 0 Å². The van der Waals surface area contributed by atoms with Crippen LogP contribution in [0, 0.1) is 0 Å². The third-order valence-corrected chi connectivity index (χ3v) is 2.08. The van der Waals surface area contributed by atoms with Gasteiger partial charge < -0.3 is 5.73 Å². The Kier molecular flexibility index (Phi) is 25.2. The van der Waals surface area contributed by atoms with Gasteiger partial charge in [-0.3, -0.25) is 4.79 Å². The van der Waals surface area contributed by atoms with Gasteiger partial charge in [-0.2, -0.15) is 0 Å². The summed E-state index contributed by atoms with van der Waals surface area (Å²) in [5.74, 6) is -0.174. The quantitative estimate of drug-likeness (QED) is 0.252. The van der Waals surface area contributed by atoms with Crippen LogP contribution in [-0.2, 0) is 4.79 Å². The maximum atomic E-state index is 10.4. The molecule has 0 saturated heterocycles. The van der Waals surface area contributed by atoms with Gasteiger partial charge in [0.25, 0.3) is 0 Å². The molecule has 2 N–H and O–H groups in total.